The molecular weight excluding hydrogens is 463 g/mol. The highest BCUT2D eigenvalue weighted by Crippen LogP contribution is 2.40. The molecule has 3 heterocycles. The van der Waals surface area contributed by atoms with Crippen molar-refractivity contribution in [3.8, 4) is 0 Å². The van der Waals surface area contributed by atoms with E-state index < -0.39 is 5.82 Å². The number of benzene rings is 2. The molecule has 0 atom stereocenters. The Bertz CT molecular complexity index is 1360. The van der Waals surface area contributed by atoms with E-state index in [9.17, 15) is 9.59 Å². The van der Waals surface area contributed by atoms with Gasteiger partial charge in [0.15, 0.2) is 5.82 Å². The molecule has 2 aromatic heterocycles. The predicted molar refractivity (Wildman–Crippen MR) is 125 cm³/mol. The topological polar surface area (TPSA) is 60.1 Å². The van der Waals surface area contributed by atoms with Crippen LogP contribution >= 0.6 is 23.4 Å². The number of rotatable bonds is 6. The summed E-state index contributed by atoms with van der Waals surface area (Å²) in [5.41, 5.74) is 1.65. The van der Waals surface area contributed by atoms with Crippen LogP contribution < -0.4 is 0 Å². The highest BCUT2D eigenvalue weighted by Gasteiger charge is 2.33. The number of carbonyl (C=O) groups excluding carboxylic acids is 2. The van der Waals surface area contributed by atoms with Crippen LogP contribution in [0.5, 0.6) is 0 Å². The Morgan fingerprint density at radius 3 is 2.82 bits per heavy atom. The van der Waals surface area contributed by atoms with Gasteiger partial charge in [-0.25, -0.2) is 4.39 Å². The molecule has 0 N–H and O–H groups in total. The molecule has 0 bridgehead atoms. The zero-order valence-electron chi connectivity index (χ0n) is 17.7. The molecule has 4 aromatic rings. The van der Waals surface area contributed by atoms with Gasteiger partial charge in [-0.2, -0.15) is 5.10 Å². The van der Waals surface area contributed by atoms with Gasteiger partial charge >= 0.3 is 0 Å². The summed E-state index contributed by atoms with van der Waals surface area (Å²) < 4.78 is 18.7. The maximum Gasteiger partial charge on any atom is 0.242 e. The summed E-state index contributed by atoms with van der Waals surface area (Å²) in [6, 6.07) is 12.5. The van der Waals surface area contributed by atoms with Crippen molar-refractivity contribution in [2.24, 2.45) is 0 Å². The van der Waals surface area contributed by atoms with Crippen LogP contribution in [-0.4, -0.2) is 44.5 Å². The molecule has 0 aliphatic carbocycles. The van der Waals surface area contributed by atoms with Crippen molar-refractivity contribution in [1.29, 1.82) is 0 Å². The normalized spacial score (nSPS) is 14.0. The Morgan fingerprint density at radius 2 is 2.09 bits per heavy atom. The van der Waals surface area contributed by atoms with Crippen molar-refractivity contribution in [2.75, 3.05) is 13.1 Å². The molecule has 0 unspecified atom stereocenters. The molecule has 2 aromatic carbocycles. The lowest BCUT2D eigenvalue weighted by molar-refractivity contribution is -0.137. The zero-order valence-corrected chi connectivity index (χ0v) is 19.3. The van der Waals surface area contributed by atoms with Crippen molar-refractivity contribution in [3.63, 3.8) is 0 Å². The molecule has 1 amide bonds. The summed E-state index contributed by atoms with van der Waals surface area (Å²) in [6.45, 7) is 3.03. The van der Waals surface area contributed by atoms with E-state index in [1.54, 1.807) is 33.9 Å². The average molecular weight is 483 g/mol. The van der Waals surface area contributed by atoms with Crippen molar-refractivity contribution in [2.45, 2.75) is 29.3 Å². The van der Waals surface area contributed by atoms with Crippen molar-refractivity contribution in [1.82, 2.24) is 19.2 Å². The standard InChI is InChI=1S/C24H20ClFN4O2S/c1-15-24(33-18-5-2-4-16(10-18)14-31)19-6-7-20(25)22(26)23(19)29(15)13-21(32)28-11-17(12-28)30-9-3-8-27-30/h2-10,14,17H,11-13H2,1H3. The summed E-state index contributed by atoms with van der Waals surface area (Å²) in [4.78, 5) is 27.6. The number of nitrogens with zero attached hydrogens (tertiary/aromatic N) is 4. The minimum Gasteiger partial charge on any atom is -0.337 e. The van der Waals surface area contributed by atoms with Crippen LogP contribution in [0.2, 0.25) is 5.02 Å². The fraction of sp³-hybridized carbons (Fsp3) is 0.208. The van der Waals surface area contributed by atoms with Crippen LogP contribution in [0.15, 0.2) is 64.6 Å². The molecule has 1 aliphatic heterocycles. The fourth-order valence-electron chi connectivity index (χ4n) is 4.13. The minimum atomic E-state index is -0.545. The van der Waals surface area contributed by atoms with Gasteiger partial charge in [0.1, 0.15) is 12.8 Å². The van der Waals surface area contributed by atoms with Gasteiger partial charge in [0.2, 0.25) is 5.91 Å². The third-order valence-corrected chi connectivity index (χ3v) is 7.44. The SMILES string of the molecule is Cc1c(Sc2cccc(C=O)c2)c2ccc(Cl)c(F)c2n1CC(=O)N1CC(n2cccn2)C1. The molecule has 9 heteroatoms. The summed E-state index contributed by atoms with van der Waals surface area (Å²) in [5, 5.41) is 4.92. The van der Waals surface area contributed by atoms with Crippen molar-refractivity contribution >= 4 is 46.5 Å². The van der Waals surface area contributed by atoms with Gasteiger partial charge < -0.3 is 9.47 Å². The van der Waals surface area contributed by atoms with Crippen LogP contribution in [0.4, 0.5) is 4.39 Å². The van der Waals surface area contributed by atoms with Crippen LogP contribution in [0.3, 0.4) is 0 Å². The first kappa shape index (κ1) is 21.7. The molecular formula is C24H20ClFN4O2S. The summed E-state index contributed by atoms with van der Waals surface area (Å²) >= 11 is 7.53. The average Bonchev–Trinajstić information content (AvgIpc) is 3.39. The maximum atomic E-state index is 15.2. The van der Waals surface area contributed by atoms with E-state index in [0.29, 0.717) is 29.6 Å². The van der Waals surface area contributed by atoms with E-state index in [1.165, 1.54) is 17.8 Å². The molecule has 5 rings (SSSR count). The van der Waals surface area contributed by atoms with Gasteiger partial charge in [0.25, 0.3) is 0 Å². The lowest BCUT2D eigenvalue weighted by Gasteiger charge is -2.39. The number of aldehydes is 1. The third kappa shape index (κ3) is 3.94. The number of fused-ring (bicyclic) bond motifs is 1. The first-order valence-electron chi connectivity index (χ1n) is 10.4. The minimum absolute atomic E-state index is 0.0101. The Hall–Kier alpha value is -3.10. The number of carbonyl (C=O) groups is 2. The second-order valence-electron chi connectivity index (χ2n) is 7.99. The van der Waals surface area contributed by atoms with Crippen molar-refractivity contribution < 1.29 is 14.0 Å². The Balaban J connectivity index is 1.46. The monoisotopic (exact) mass is 482 g/mol. The summed E-state index contributed by atoms with van der Waals surface area (Å²) in [7, 11) is 0. The van der Waals surface area contributed by atoms with Crippen molar-refractivity contribution in [3.05, 3.63) is 77.0 Å². The molecule has 0 radical (unpaired) electrons. The Morgan fingerprint density at radius 1 is 1.27 bits per heavy atom. The Kier molecular flexibility index (Phi) is 5.72. The van der Waals surface area contributed by atoms with E-state index in [1.807, 2.05) is 36.0 Å². The number of aromatic nitrogens is 3. The number of hydrogen-bond acceptors (Lipinski definition) is 4. The number of hydrogen-bond donors (Lipinski definition) is 0. The lowest BCUT2D eigenvalue weighted by atomic mass is 10.1. The second kappa shape index (κ2) is 8.68. The number of amides is 1. The van der Waals surface area contributed by atoms with Gasteiger partial charge in [-0.1, -0.05) is 35.5 Å². The molecule has 1 saturated heterocycles. The molecule has 33 heavy (non-hydrogen) atoms. The highest BCUT2D eigenvalue weighted by atomic mass is 35.5. The molecule has 1 aliphatic rings. The second-order valence-corrected chi connectivity index (χ2v) is 9.48. The van der Waals surface area contributed by atoms with Gasteiger partial charge in [0, 0.05) is 51.9 Å². The Labute approximate surface area is 198 Å². The van der Waals surface area contributed by atoms with E-state index in [0.717, 1.165) is 21.8 Å². The first-order chi connectivity index (χ1) is 16.0. The highest BCUT2D eigenvalue weighted by molar-refractivity contribution is 7.99. The van der Waals surface area contributed by atoms with Gasteiger partial charge in [-0.05, 0) is 37.3 Å². The molecule has 0 saturated carbocycles. The lowest BCUT2D eigenvalue weighted by Crippen LogP contribution is -2.51. The van der Waals surface area contributed by atoms with E-state index in [4.69, 9.17) is 11.6 Å². The van der Waals surface area contributed by atoms with E-state index in [2.05, 4.69) is 5.10 Å². The first-order valence-corrected chi connectivity index (χ1v) is 11.6. The number of likely N-dealkylation sites (tertiary alicyclic amines) is 1. The van der Waals surface area contributed by atoms with Gasteiger partial charge in [-0.15, -0.1) is 0 Å². The van der Waals surface area contributed by atoms with Crippen LogP contribution in [0.25, 0.3) is 10.9 Å². The molecule has 168 valence electrons. The smallest absolute Gasteiger partial charge is 0.242 e. The van der Waals surface area contributed by atoms with Crippen LogP contribution in [0, 0.1) is 12.7 Å². The fourth-order valence-corrected chi connectivity index (χ4v) is 5.39. The molecule has 6 nitrogen and oxygen atoms in total. The van der Waals surface area contributed by atoms with Gasteiger partial charge in [0.05, 0.1) is 16.6 Å². The quantitative estimate of drug-likeness (QED) is 0.363. The maximum absolute atomic E-state index is 15.2. The van der Waals surface area contributed by atoms with Crippen LogP contribution in [0.1, 0.15) is 22.1 Å². The summed E-state index contributed by atoms with van der Waals surface area (Å²) in [6.07, 6.45) is 4.40. The van der Waals surface area contributed by atoms with Gasteiger partial charge in [-0.3, -0.25) is 14.3 Å². The number of halogens is 2. The molecule has 1 fully saturated rings. The zero-order chi connectivity index (χ0) is 23.1. The summed E-state index contributed by atoms with van der Waals surface area (Å²) in [5.74, 6) is -0.631. The molecule has 0 spiro atoms. The largest absolute Gasteiger partial charge is 0.337 e. The van der Waals surface area contributed by atoms with E-state index in [-0.39, 0.29) is 23.5 Å². The van der Waals surface area contributed by atoms with Crippen LogP contribution in [-0.2, 0) is 11.3 Å². The van der Waals surface area contributed by atoms with E-state index >= 15 is 4.39 Å². The predicted octanol–water partition coefficient (Wildman–Crippen LogP) is 4.99. The third-order valence-electron chi connectivity index (χ3n) is 5.94.